The SMILES string of the molecule is C=CC(=O)C1=CC=CC1[C@H](C)c1ccccc1.[HH]. The molecule has 1 aromatic rings. The maximum atomic E-state index is 11.7. The molecule has 0 fully saturated rings. The quantitative estimate of drug-likeness (QED) is 0.711. The number of benzene rings is 1. The van der Waals surface area contributed by atoms with Crippen molar-refractivity contribution in [3.63, 3.8) is 0 Å². The second-order valence-electron chi connectivity index (χ2n) is 4.30. The fourth-order valence-electron chi connectivity index (χ4n) is 2.26. The minimum Gasteiger partial charge on any atom is -0.290 e. The summed E-state index contributed by atoms with van der Waals surface area (Å²) in [4.78, 5) is 11.7. The zero-order valence-electron chi connectivity index (χ0n) is 9.97. The molecule has 1 aliphatic rings. The zero-order chi connectivity index (χ0) is 12.3. The second-order valence-corrected chi connectivity index (χ2v) is 4.30. The minimum absolute atomic E-state index is 0. The van der Waals surface area contributed by atoms with Gasteiger partial charge in [-0.1, -0.05) is 62.1 Å². The molecule has 0 bridgehead atoms. The lowest BCUT2D eigenvalue weighted by Crippen LogP contribution is -2.13. The average Bonchev–Trinajstić information content (AvgIpc) is 2.87. The van der Waals surface area contributed by atoms with Crippen molar-refractivity contribution in [2.75, 3.05) is 0 Å². The Hall–Kier alpha value is -1.89. The van der Waals surface area contributed by atoms with Gasteiger partial charge in [-0.2, -0.15) is 0 Å². The highest BCUT2D eigenvalue weighted by atomic mass is 16.1. The number of hydrogen-bond acceptors (Lipinski definition) is 1. The lowest BCUT2D eigenvalue weighted by Gasteiger charge is -2.20. The second kappa shape index (κ2) is 4.96. The van der Waals surface area contributed by atoms with Crippen LogP contribution in [0.5, 0.6) is 0 Å². The fraction of sp³-hybridized carbons (Fsp3) is 0.188. The molecule has 1 nitrogen and oxygen atoms in total. The van der Waals surface area contributed by atoms with Gasteiger partial charge in [0.25, 0.3) is 0 Å². The molecular formula is C16H18O. The fourth-order valence-corrected chi connectivity index (χ4v) is 2.26. The molecule has 0 aliphatic heterocycles. The maximum Gasteiger partial charge on any atom is 0.181 e. The molecule has 0 spiro atoms. The summed E-state index contributed by atoms with van der Waals surface area (Å²) < 4.78 is 0. The van der Waals surface area contributed by atoms with Crippen LogP contribution in [0.3, 0.4) is 0 Å². The van der Waals surface area contributed by atoms with Gasteiger partial charge in [0.2, 0.25) is 0 Å². The smallest absolute Gasteiger partial charge is 0.181 e. The van der Waals surface area contributed by atoms with Gasteiger partial charge in [0.15, 0.2) is 5.78 Å². The molecule has 2 rings (SSSR count). The van der Waals surface area contributed by atoms with Crippen LogP contribution in [0.4, 0.5) is 0 Å². The molecule has 0 saturated heterocycles. The Morgan fingerprint density at radius 2 is 2.12 bits per heavy atom. The Balaban J connectivity index is 0.00000162. The van der Waals surface area contributed by atoms with Gasteiger partial charge in [0.1, 0.15) is 0 Å². The van der Waals surface area contributed by atoms with Crippen molar-refractivity contribution < 1.29 is 6.22 Å². The van der Waals surface area contributed by atoms with Gasteiger partial charge in [0.05, 0.1) is 0 Å². The van der Waals surface area contributed by atoms with Crippen LogP contribution < -0.4 is 0 Å². The molecule has 2 atom stereocenters. The van der Waals surface area contributed by atoms with Crippen LogP contribution in [0.15, 0.2) is 66.8 Å². The molecule has 0 N–H and O–H groups in total. The third-order valence-corrected chi connectivity index (χ3v) is 3.29. The monoisotopic (exact) mass is 226 g/mol. The van der Waals surface area contributed by atoms with E-state index in [1.54, 1.807) is 0 Å². The van der Waals surface area contributed by atoms with E-state index in [1.807, 2.05) is 30.4 Å². The van der Waals surface area contributed by atoms with E-state index >= 15 is 0 Å². The zero-order valence-corrected chi connectivity index (χ0v) is 9.97. The molecule has 0 radical (unpaired) electrons. The largest absolute Gasteiger partial charge is 0.290 e. The van der Waals surface area contributed by atoms with Gasteiger partial charge < -0.3 is 0 Å². The predicted octanol–water partition coefficient (Wildman–Crippen LogP) is 3.90. The summed E-state index contributed by atoms with van der Waals surface area (Å²) >= 11 is 0. The molecule has 0 aromatic heterocycles. The van der Waals surface area contributed by atoms with Crippen molar-refractivity contribution in [2.24, 2.45) is 5.92 Å². The molecular weight excluding hydrogens is 208 g/mol. The Kier molecular flexibility index (Phi) is 3.38. The summed E-state index contributed by atoms with van der Waals surface area (Å²) in [6.07, 6.45) is 7.34. The first-order chi connectivity index (χ1) is 8.24. The van der Waals surface area contributed by atoms with Crippen molar-refractivity contribution in [3.8, 4) is 0 Å². The van der Waals surface area contributed by atoms with Crippen LogP contribution in [0.1, 0.15) is 19.8 Å². The van der Waals surface area contributed by atoms with E-state index in [0.29, 0.717) is 5.92 Å². The van der Waals surface area contributed by atoms with Crippen molar-refractivity contribution >= 4 is 5.78 Å². The van der Waals surface area contributed by atoms with Crippen molar-refractivity contribution in [1.82, 2.24) is 0 Å². The Bertz CT molecular complexity index is 485. The van der Waals surface area contributed by atoms with Gasteiger partial charge in [-0.05, 0) is 17.6 Å². The number of carbonyl (C=O) groups is 1. The summed E-state index contributed by atoms with van der Waals surface area (Å²) in [6.45, 7) is 5.71. The average molecular weight is 226 g/mol. The van der Waals surface area contributed by atoms with Crippen LogP contribution in [0.25, 0.3) is 0 Å². The highest BCUT2D eigenvalue weighted by molar-refractivity contribution is 6.05. The normalized spacial score (nSPS) is 19.8. The van der Waals surface area contributed by atoms with Crippen LogP contribution in [0, 0.1) is 5.92 Å². The molecule has 17 heavy (non-hydrogen) atoms. The summed E-state index contributed by atoms with van der Waals surface area (Å²) in [5.41, 5.74) is 2.10. The van der Waals surface area contributed by atoms with Gasteiger partial charge in [-0.15, -0.1) is 0 Å². The Labute approximate surface area is 104 Å². The molecule has 1 aromatic carbocycles. The van der Waals surface area contributed by atoms with Crippen LogP contribution in [-0.4, -0.2) is 5.78 Å². The highest BCUT2D eigenvalue weighted by Crippen LogP contribution is 2.34. The summed E-state index contributed by atoms with van der Waals surface area (Å²) in [5, 5.41) is 0. The number of carbonyl (C=O) groups excluding carboxylic acids is 1. The van der Waals surface area contributed by atoms with E-state index in [9.17, 15) is 4.79 Å². The van der Waals surface area contributed by atoms with Crippen molar-refractivity contribution in [1.29, 1.82) is 0 Å². The van der Waals surface area contributed by atoms with Gasteiger partial charge >= 0.3 is 0 Å². The molecule has 0 amide bonds. The van der Waals surface area contributed by atoms with Crippen molar-refractivity contribution in [2.45, 2.75) is 12.8 Å². The van der Waals surface area contributed by atoms with E-state index in [-0.39, 0.29) is 13.1 Å². The number of allylic oxidation sites excluding steroid dienone is 5. The molecule has 1 heteroatoms. The number of rotatable bonds is 4. The molecule has 88 valence electrons. The first-order valence-corrected chi connectivity index (χ1v) is 5.84. The van der Waals surface area contributed by atoms with E-state index in [4.69, 9.17) is 0 Å². The topological polar surface area (TPSA) is 17.1 Å². The van der Waals surface area contributed by atoms with E-state index in [1.165, 1.54) is 11.6 Å². The molecule has 0 heterocycles. The van der Waals surface area contributed by atoms with Gasteiger partial charge in [-0.3, -0.25) is 4.79 Å². The van der Waals surface area contributed by atoms with E-state index in [2.05, 4.69) is 31.7 Å². The van der Waals surface area contributed by atoms with Crippen LogP contribution in [0.2, 0.25) is 0 Å². The van der Waals surface area contributed by atoms with Crippen LogP contribution in [-0.2, 0) is 4.79 Å². The number of ketones is 1. The molecule has 1 unspecified atom stereocenters. The minimum atomic E-state index is 0. The maximum absolute atomic E-state index is 11.7. The third-order valence-electron chi connectivity index (χ3n) is 3.29. The number of hydrogen-bond donors (Lipinski definition) is 0. The lowest BCUT2D eigenvalue weighted by molar-refractivity contribution is -0.111. The van der Waals surface area contributed by atoms with E-state index < -0.39 is 0 Å². The summed E-state index contributed by atoms with van der Waals surface area (Å²) in [5.74, 6) is 0.510. The summed E-state index contributed by atoms with van der Waals surface area (Å²) in [7, 11) is 0. The lowest BCUT2D eigenvalue weighted by atomic mass is 9.83. The highest BCUT2D eigenvalue weighted by Gasteiger charge is 2.25. The first-order valence-electron chi connectivity index (χ1n) is 5.84. The Morgan fingerprint density at radius 3 is 2.76 bits per heavy atom. The van der Waals surface area contributed by atoms with Crippen molar-refractivity contribution in [3.05, 3.63) is 72.4 Å². The third kappa shape index (κ3) is 2.28. The van der Waals surface area contributed by atoms with Crippen LogP contribution >= 0.6 is 0 Å². The molecule has 0 saturated carbocycles. The van der Waals surface area contributed by atoms with E-state index in [0.717, 1.165) is 5.57 Å². The first kappa shape index (κ1) is 11.6. The predicted molar refractivity (Wildman–Crippen MR) is 72.9 cm³/mol. The summed E-state index contributed by atoms with van der Waals surface area (Å²) in [6, 6.07) is 10.3. The van der Waals surface area contributed by atoms with Gasteiger partial charge in [-0.25, -0.2) is 0 Å². The van der Waals surface area contributed by atoms with Gasteiger partial charge in [0, 0.05) is 12.9 Å². The molecule has 1 aliphatic carbocycles. The standard InChI is InChI=1S/C16H16O.H2/c1-3-16(17)15-11-7-10-14(15)12(2)13-8-5-4-6-9-13;/h3-12,14H,1H2,2H3;1H/t12-,14?;/m1./s1. The Morgan fingerprint density at radius 1 is 1.41 bits per heavy atom.